The zero-order chi connectivity index (χ0) is 43.0. The highest BCUT2D eigenvalue weighted by Gasteiger charge is 2.65. The zero-order valence-corrected chi connectivity index (χ0v) is 36.7. The molecule has 2 aromatic carbocycles. The standard InChI is InChI=1S/C50H68N2O9/c1-6-26-56-37-20-22-42-40(30-37)47-38(17-11-13-25-54)36(16-10-12-24-53)29-39-41(51-61-49(3,4)5)31-45(50(60-42,48(39)47)59-27-7-2)52(46(55)23-19-34-14-8-9-15-34)32-35-18-21-43-44(28-35)58-33-57-43/h6-7,18,20-22,28-30,34,36,38,45,47-48,53-54H,1-2,8-17,19,23-27,31-33H2,3-5H3. The molecule has 0 radical (unpaired) electrons. The van der Waals surface area contributed by atoms with Crippen LogP contribution in [-0.4, -0.2) is 77.4 Å². The molecule has 1 amide bonds. The van der Waals surface area contributed by atoms with Crippen LogP contribution in [-0.2, 0) is 20.9 Å². The highest BCUT2D eigenvalue weighted by Crippen LogP contribution is 2.62. The molecule has 3 aliphatic carbocycles. The molecule has 61 heavy (non-hydrogen) atoms. The lowest BCUT2D eigenvalue weighted by molar-refractivity contribution is -0.258. The largest absolute Gasteiger partial charge is 0.490 e. The van der Waals surface area contributed by atoms with Crippen LogP contribution in [0.3, 0.4) is 0 Å². The Morgan fingerprint density at radius 2 is 1.67 bits per heavy atom. The number of nitrogens with zero attached hydrogens (tertiary/aromatic N) is 2. The number of hydrogen-bond donors (Lipinski definition) is 2. The number of allylic oxidation sites excluding steroid dienone is 1. The van der Waals surface area contributed by atoms with Crippen molar-refractivity contribution in [1.82, 2.24) is 4.90 Å². The Morgan fingerprint density at radius 1 is 0.934 bits per heavy atom. The van der Waals surface area contributed by atoms with Crippen LogP contribution in [0.1, 0.15) is 121 Å². The number of carbonyl (C=O) groups is 1. The van der Waals surface area contributed by atoms with Gasteiger partial charge in [-0.15, -0.1) is 6.58 Å². The molecule has 0 saturated heterocycles. The van der Waals surface area contributed by atoms with Gasteiger partial charge in [0.15, 0.2) is 11.5 Å². The maximum Gasteiger partial charge on any atom is 0.239 e. The summed E-state index contributed by atoms with van der Waals surface area (Å²) in [6.07, 6.45) is 17.0. The van der Waals surface area contributed by atoms with Gasteiger partial charge in [-0.25, -0.2) is 0 Å². The van der Waals surface area contributed by atoms with Crippen LogP contribution in [0.2, 0.25) is 0 Å². The van der Waals surface area contributed by atoms with Crippen molar-refractivity contribution in [2.45, 2.75) is 134 Å². The number of aliphatic hydroxyl groups excluding tert-OH is 2. The summed E-state index contributed by atoms with van der Waals surface area (Å²) in [4.78, 5) is 23.5. The van der Waals surface area contributed by atoms with Crippen molar-refractivity contribution in [3.8, 4) is 23.0 Å². The van der Waals surface area contributed by atoms with E-state index in [1.807, 2.05) is 56.0 Å². The normalized spacial score (nSPS) is 25.9. The van der Waals surface area contributed by atoms with Gasteiger partial charge < -0.3 is 43.6 Å². The van der Waals surface area contributed by atoms with Gasteiger partial charge in [-0.05, 0) is 112 Å². The molecule has 11 heteroatoms. The van der Waals surface area contributed by atoms with E-state index in [4.69, 9.17) is 33.7 Å². The number of oxime groups is 1. The number of hydrogen-bond acceptors (Lipinski definition) is 10. The molecule has 0 spiro atoms. The second-order valence-electron chi connectivity index (χ2n) is 18.5. The van der Waals surface area contributed by atoms with Gasteiger partial charge in [0, 0.05) is 44.1 Å². The van der Waals surface area contributed by atoms with Crippen molar-refractivity contribution in [2.75, 3.05) is 33.2 Å². The van der Waals surface area contributed by atoms with Crippen LogP contribution in [0.15, 0.2) is 78.5 Å². The Morgan fingerprint density at radius 3 is 2.41 bits per heavy atom. The fourth-order valence-corrected chi connectivity index (χ4v) is 10.5. The summed E-state index contributed by atoms with van der Waals surface area (Å²) in [6.45, 7) is 15.2. The van der Waals surface area contributed by atoms with Crippen molar-refractivity contribution < 1.29 is 43.5 Å². The summed E-state index contributed by atoms with van der Waals surface area (Å²) in [6, 6.07) is 11.3. The Labute approximate surface area is 362 Å². The van der Waals surface area contributed by atoms with Crippen molar-refractivity contribution in [2.24, 2.45) is 28.8 Å². The number of amides is 1. The number of ether oxygens (including phenoxy) is 5. The third kappa shape index (κ3) is 10.2. The second-order valence-corrected chi connectivity index (χ2v) is 18.5. The minimum absolute atomic E-state index is 0.0379. The minimum atomic E-state index is -1.35. The smallest absolute Gasteiger partial charge is 0.239 e. The fourth-order valence-electron chi connectivity index (χ4n) is 10.5. The Bertz CT molecular complexity index is 1900. The lowest BCUT2D eigenvalue weighted by Gasteiger charge is -2.60. The third-order valence-electron chi connectivity index (χ3n) is 13.2. The van der Waals surface area contributed by atoms with E-state index in [1.165, 1.54) is 12.8 Å². The molecule has 2 N–H and O–H groups in total. The lowest BCUT2D eigenvalue weighted by Crippen LogP contribution is -2.70. The second kappa shape index (κ2) is 20.2. The van der Waals surface area contributed by atoms with Crippen LogP contribution in [0.4, 0.5) is 0 Å². The molecule has 7 rings (SSSR count). The predicted molar refractivity (Wildman–Crippen MR) is 236 cm³/mol. The van der Waals surface area contributed by atoms with Gasteiger partial charge in [0.05, 0.1) is 18.2 Å². The maximum absolute atomic E-state index is 15.2. The minimum Gasteiger partial charge on any atom is -0.490 e. The molecular formula is C50H68N2O9. The molecule has 2 heterocycles. The van der Waals surface area contributed by atoms with E-state index in [2.05, 4.69) is 25.3 Å². The van der Waals surface area contributed by atoms with E-state index in [1.54, 1.807) is 12.2 Å². The number of benzene rings is 2. The highest BCUT2D eigenvalue weighted by atomic mass is 16.7. The topological polar surface area (TPSA) is 129 Å². The Balaban J connectivity index is 1.44. The van der Waals surface area contributed by atoms with Gasteiger partial charge in [-0.2, -0.15) is 0 Å². The number of unbranched alkanes of at least 4 members (excludes halogenated alkanes) is 2. The van der Waals surface area contributed by atoms with Gasteiger partial charge in [0.2, 0.25) is 18.5 Å². The van der Waals surface area contributed by atoms with E-state index >= 15 is 4.79 Å². The van der Waals surface area contributed by atoms with Gasteiger partial charge in [0.25, 0.3) is 0 Å². The molecule has 2 saturated carbocycles. The van der Waals surface area contributed by atoms with Gasteiger partial charge >= 0.3 is 0 Å². The van der Waals surface area contributed by atoms with E-state index in [0.717, 1.165) is 67.4 Å². The first kappa shape index (κ1) is 44.7. The first-order valence-corrected chi connectivity index (χ1v) is 22.8. The third-order valence-corrected chi connectivity index (χ3v) is 13.2. The molecule has 2 fully saturated rings. The number of rotatable bonds is 21. The van der Waals surface area contributed by atoms with E-state index in [-0.39, 0.29) is 50.3 Å². The summed E-state index contributed by atoms with van der Waals surface area (Å²) in [5.74, 6) is 1.62. The van der Waals surface area contributed by atoms with Crippen molar-refractivity contribution in [3.05, 3.63) is 84.5 Å². The highest BCUT2D eigenvalue weighted by molar-refractivity contribution is 6.03. The summed E-state index contributed by atoms with van der Waals surface area (Å²) in [7, 11) is 0. The first-order valence-electron chi connectivity index (χ1n) is 22.8. The maximum atomic E-state index is 15.2. The lowest BCUT2D eigenvalue weighted by atomic mass is 9.55. The Kier molecular flexibility index (Phi) is 14.8. The van der Waals surface area contributed by atoms with Crippen LogP contribution in [0, 0.1) is 23.7 Å². The van der Waals surface area contributed by atoms with Crippen LogP contribution >= 0.6 is 0 Å². The molecule has 11 nitrogen and oxygen atoms in total. The molecule has 0 aromatic heterocycles. The molecule has 5 aliphatic rings. The number of aliphatic hydroxyl groups is 2. The molecule has 6 atom stereocenters. The first-order chi connectivity index (χ1) is 29.6. The van der Waals surface area contributed by atoms with Crippen molar-refractivity contribution in [3.63, 3.8) is 0 Å². The summed E-state index contributed by atoms with van der Waals surface area (Å²) in [5, 5.41) is 24.9. The molecule has 0 bridgehead atoms. The number of carbonyl (C=O) groups excluding carboxylic acids is 1. The predicted octanol–water partition coefficient (Wildman–Crippen LogP) is 9.41. The van der Waals surface area contributed by atoms with Crippen molar-refractivity contribution >= 4 is 11.6 Å². The molecule has 6 unspecified atom stereocenters. The molecular weight excluding hydrogens is 773 g/mol. The van der Waals surface area contributed by atoms with E-state index in [9.17, 15) is 10.2 Å². The SMILES string of the molecule is C=CCOc1ccc2c(c1)C1C(CCCCO)C(CCCCO)C=C3C(=NOC(C)(C)C)CC(N(Cc4ccc5c(c4)OCO5)C(=O)CCC4CCCC4)C(OCC=C)(O2)C31. The van der Waals surface area contributed by atoms with Gasteiger partial charge in [0.1, 0.15) is 29.7 Å². The zero-order valence-electron chi connectivity index (χ0n) is 36.7. The van der Waals surface area contributed by atoms with Crippen LogP contribution < -0.4 is 18.9 Å². The van der Waals surface area contributed by atoms with Gasteiger partial charge in [-0.3, -0.25) is 4.79 Å². The van der Waals surface area contributed by atoms with Gasteiger partial charge in [-0.1, -0.05) is 74.6 Å². The quantitative estimate of drug-likeness (QED) is 0.0718. The van der Waals surface area contributed by atoms with E-state index in [0.29, 0.717) is 67.8 Å². The molecule has 2 aliphatic heterocycles. The monoisotopic (exact) mass is 840 g/mol. The fraction of sp³-hybridized carbons (Fsp3) is 0.600. The van der Waals surface area contributed by atoms with Crippen LogP contribution in [0.5, 0.6) is 23.0 Å². The van der Waals surface area contributed by atoms with Crippen molar-refractivity contribution in [1.29, 1.82) is 0 Å². The molecule has 2 aromatic rings. The van der Waals surface area contributed by atoms with E-state index < -0.39 is 23.3 Å². The summed E-state index contributed by atoms with van der Waals surface area (Å²) < 4.78 is 32.4. The average molecular weight is 841 g/mol. The Hall–Kier alpha value is -4.32. The molecule has 332 valence electrons. The number of fused-ring (bicyclic) bond motifs is 3. The summed E-state index contributed by atoms with van der Waals surface area (Å²) in [5.41, 5.74) is 3.14. The van der Waals surface area contributed by atoms with Crippen LogP contribution in [0.25, 0.3) is 0 Å². The summed E-state index contributed by atoms with van der Waals surface area (Å²) >= 11 is 0. The average Bonchev–Trinajstić information content (AvgIpc) is 3.96.